The Balaban J connectivity index is 2.57. The van der Waals surface area contributed by atoms with E-state index >= 15 is 0 Å². The van der Waals surface area contributed by atoms with Crippen LogP contribution >= 0.6 is 11.6 Å². The minimum Gasteiger partial charge on any atom is -0.493 e. The molecule has 0 unspecified atom stereocenters. The maximum atomic E-state index is 12.7. The summed E-state index contributed by atoms with van der Waals surface area (Å²) in [6.45, 7) is 2.43. The minimum absolute atomic E-state index is 0.213. The molecule has 0 atom stereocenters. The lowest BCUT2D eigenvalue weighted by Crippen LogP contribution is -2.06. The summed E-state index contributed by atoms with van der Waals surface area (Å²) in [6.07, 6.45) is -2.27. The van der Waals surface area contributed by atoms with Gasteiger partial charge in [-0.1, -0.05) is 18.5 Å². The zero-order chi connectivity index (χ0) is 14.0. The first kappa shape index (κ1) is 13.9. The van der Waals surface area contributed by atoms with E-state index < -0.39 is 11.7 Å². The highest BCUT2D eigenvalue weighted by Gasteiger charge is 2.33. The van der Waals surface area contributed by atoms with Gasteiger partial charge in [0, 0.05) is 11.6 Å². The Labute approximate surface area is 113 Å². The third-order valence-corrected chi connectivity index (χ3v) is 2.87. The van der Waals surface area contributed by atoms with Crippen LogP contribution in [0.3, 0.4) is 0 Å². The van der Waals surface area contributed by atoms with Crippen molar-refractivity contribution in [3.63, 3.8) is 0 Å². The van der Waals surface area contributed by atoms with Gasteiger partial charge in [-0.05, 0) is 24.6 Å². The maximum absolute atomic E-state index is 12.7. The number of aromatic nitrogens is 1. The Morgan fingerprint density at radius 3 is 2.68 bits per heavy atom. The predicted molar refractivity (Wildman–Crippen MR) is 67.5 cm³/mol. The van der Waals surface area contributed by atoms with Crippen LogP contribution < -0.4 is 4.74 Å². The summed E-state index contributed by atoms with van der Waals surface area (Å²) in [5, 5.41) is 0.128. The molecule has 19 heavy (non-hydrogen) atoms. The molecular formula is C13H11ClF3NO. The Kier molecular flexibility index (Phi) is 3.85. The van der Waals surface area contributed by atoms with Crippen molar-refractivity contribution in [2.45, 2.75) is 19.5 Å². The minimum atomic E-state index is -4.49. The van der Waals surface area contributed by atoms with E-state index in [9.17, 15) is 13.2 Å². The molecule has 0 aliphatic heterocycles. The van der Waals surface area contributed by atoms with Crippen LogP contribution in [0.1, 0.15) is 18.9 Å². The average molecular weight is 290 g/mol. The number of nitrogens with zero attached hydrogens (tertiary/aromatic N) is 1. The molecule has 6 heteroatoms. The number of fused-ring (bicyclic) bond motifs is 1. The van der Waals surface area contributed by atoms with Crippen molar-refractivity contribution in [3.05, 3.63) is 35.0 Å². The van der Waals surface area contributed by atoms with Crippen molar-refractivity contribution >= 4 is 22.5 Å². The number of halogens is 4. The van der Waals surface area contributed by atoms with Crippen LogP contribution in [-0.2, 0) is 6.18 Å². The van der Waals surface area contributed by atoms with Crippen molar-refractivity contribution in [3.8, 4) is 5.75 Å². The molecule has 0 saturated heterocycles. The Morgan fingerprint density at radius 1 is 1.32 bits per heavy atom. The zero-order valence-corrected chi connectivity index (χ0v) is 10.8. The first-order chi connectivity index (χ1) is 8.93. The van der Waals surface area contributed by atoms with Gasteiger partial charge >= 0.3 is 6.18 Å². The molecule has 2 aromatic rings. The molecule has 1 aromatic carbocycles. The molecular weight excluding hydrogens is 279 g/mol. The van der Waals surface area contributed by atoms with Crippen molar-refractivity contribution in [1.82, 2.24) is 4.98 Å². The molecule has 0 fully saturated rings. The lowest BCUT2D eigenvalue weighted by Gasteiger charge is -2.12. The van der Waals surface area contributed by atoms with Gasteiger partial charge in [-0.15, -0.1) is 0 Å². The smallest absolute Gasteiger partial charge is 0.417 e. The summed E-state index contributed by atoms with van der Waals surface area (Å²) in [5.41, 5.74) is -0.674. The Hall–Kier alpha value is -1.49. The van der Waals surface area contributed by atoms with Gasteiger partial charge in [0.2, 0.25) is 0 Å². The van der Waals surface area contributed by atoms with Crippen LogP contribution in [0.2, 0.25) is 5.02 Å². The molecule has 2 nitrogen and oxygen atoms in total. The van der Waals surface area contributed by atoms with Crippen molar-refractivity contribution in [2.75, 3.05) is 6.61 Å². The first-order valence-corrected chi connectivity index (χ1v) is 6.09. The van der Waals surface area contributed by atoms with Crippen LogP contribution in [0.25, 0.3) is 10.9 Å². The predicted octanol–water partition coefficient (Wildman–Crippen LogP) is 4.70. The van der Waals surface area contributed by atoms with Gasteiger partial charge in [0.1, 0.15) is 5.75 Å². The average Bonchev–Trinajstić information content (AvgIpc) is 2.34. The monoisotopic (exact) mass is 289 g/mol. The normalized spacial score (nSPS) is 11.8. The molecule has 0 spiro atoms. The van der Waals surface area contributed by atoms with E-state index in [1.165, 1.54) is 12.3 Å². The molecule has 0 bridgehead atoms. The van der Waals surface area contributed by atoms with E-state index in [0.29, 0.717) is 17.7 Å². The molecule has 0 aliphatic carbocycles. The molecule has 1 heterocycles. The topological polar surface area (TPSA) is 22.1 Å². The largest absolute Gasteiger partial charge is 0.493 e. The van der Waals surface area contributed by atoms with Crippen LogP contribution in [-0.4, -0.2) is 11.6 Å². The van der Waals surface area contributed by atoms with E-state index in [-0.39, 0.29) is 10.5 Å². The molecule has 2 rings (SSSR count). The number of alkyl halides is 3. The number of pyridine rings is 1. The standard InChI is InChI=1S/C13H11ClF3NO/c1-2-5-19-12-3-4-18-11-7-9(13(15,16)17)10(14)6-8(11)12/h3-4,6-7H,2,5H2,1H3. The van der Waals surface area contributed by atoms with Gasteiger partial charge in [0.05, 0.1) is 22.7 Å². The van der Waals surface area contributed by atoms with Gasteiger partial charge < -0.3 is 4.74 Å². The van der Waals surface area contributed by atoms with Gasteiger partial charge in [0.15, 0.2) is 0 Å². The molecule has 0 aliphatic rings. The SMILES string of the molecule is CCCOc1ccnc2cc(C(F)(F)F)c(Cl)cc12. The van der Waals surface area contributed by atoms with Gasteiger partial charge in [-0.3, -0.25) is 4.98 Å². The summed E-state index contributed by atoms with van der Waals surface area (Å²) in [4.78, 5) is 3.93. The third-order valence-electron chi connectivity index (χ3n) is 2.56. The van der Waals surface area contributed by atoms with Gasteiger partial charge in [-0.25, -0.2) is 0 Å². The lowest BCUT2D eigenvalue weighted by molar-refractivity contribution is -0.137. The van der Waals surface area contributed by atoms with Crippen molar-refractivity contribution < 1.29 is 17.9 Å². The van der Waals surface area contributed by atoms with Crippen LogP contribution in [0, 0.1) is 0 Å². The highest BCUT2D eigenvalue weighted by Crippen LogP contribution is 2.38. The molecule has 0 radical (unpaired) electrons. The number of hydrogen-bond acceptors (Lipinski definition) is 2. The number of rotatable bonds is 3. The van der Waals surface area contributed by atoms with Crippen molar-refractivity contribution in [1.29, 1.82) is 0 Å². The second-order valence-corrected chi connectivity index (χ2v) is 4.41. The lowest BCUT2D eigenvalue weighted by atomic mass is 10.1. The molecule has 0 N–H and O–H groups in total. The Bertz CT molecular complexity index is 598. The fourth-order valence-electron chi connectivity index (χ4n) is 1.70. The highest BCUT2D eigenvalue weighted by atomic mass is 35.5. The summed E-state index contributed by atoms with van der Waals surface area (Å²) >= 11 is 5.69. The molecule has 0 saturated carbocycles. The van der Waals surface area contributed by atoms with E-state index in [1.54, 1.807) is 6.07 Å². The summed E-state index contributed by atoms with van der Waals surface area (Å²) in [6, 6.07) is 3.80. The van der Waals surface area contributed by atoms with Gasteiger partial charge in [0.25, 0.3) is 0 Å². The number of ether oxygens (including phenoxy) is 1. The quantitative estimate of drug-likeness (QED) is 0.817. The number of hydrogen-bond donors (Lipinski definition) is 0. The van der Waals surface area contributed by atoms with E-state index in [1.807, 2.05) is 6.92 Å². The van der Waals surface area contributed by atoms with E-state index in [2.05, 4.69) is 4.98 Å². The van der Waals surface area contributed by atoms with Crippen LogP contribution in [0.15, 0.2) is 24.4 Å². The molecule has 0 amide bonds. The van der Waals surface area contributed by atoms with Crippen LogP contribution in [0.4, 0.5) is 13.2 Å². The summed E-state index contributed by atoms with van der Waals surface area (Å²) in [7, 11) is 0. The molecule has 1 aromatic heterocycles. The number of benzene rings is 1. The first-order valence-electron chi connectivity index (χ1n) is 5.71. The molecule has 102 valence electrons. The second kappa shape index (κ2) is 5.25. The van der Waals surface area contributed by atoms with Crippen LogP contribution in [0.5, 0.6) is 5.75 Å². The zero-order valence-electron chi connectivity index (χ0n) is 10.1. The highest BCUT2D eigenvalue weighted by molar-refractivity contribution is 6.32. The summed E-state index contributed by atoms with van der Waals surface area (Å²) in [5.74, 6) is 0.488. The fourth-order valence-corrected chi connectivity index (χ4v) is 1.97. The van der Waals surface area contributed by atoms with E-state index in [4.69, 9.17) is 16.3 Å². The maximum Gasteiger partial charge on any atom is 0.417 e. The second-order valence-electron chi connectivity index (χ2n) is 4.00. The van der Waals surface area contributed by atoms with Gasteiger partial charge in [-0.2, -0.15) is 13.2 Å². The van der Waals surface area contributed by atoms with Crippen molar-refractivity contribution in [2.24, 2.45) is 0 Å². The fraction of sp³-hybridized carbons (Fsp3) is 0.308. The third kappa shape index (κ3) is 2.92. The Morgan fingerprint density at radius 2 is 2.05 bits per heavy atom. The van der Waals surface area contributed by atoms with E-state index in [0.717, 1.165) is 12.5 Å². The summed E-state index contributed by atoms with van der Waals surface area (Å²) < 4.78 is 43.7.